The first kappa shape index (κ1) is 11.8. The number of rotatable bonds is 2. The van der Waals surface area contributed by atoms with Crippen LogP contribution in [-0.2, 0) is 0 Å². The Hall–Kier alpha value is -0.180. The third-order valence-electron chi connectivity index (χ3n) is 1.50. The molecule has 0 aliphatic rings. The Morgan fingerprint density at radius 2 is 2.08 bits per heavy atom. The Balaban J connectivity index is 0.00000121. The van der Waals surface area contributed by atoms with E-state index in [1.54, 1.807) is 6.07 Å². The van der Waals surface area contributed by atoms with Gasteiger partial charge in [0.1, 0.15) is 0 Å². The van der Waals surface area contributed by atoms with Gasteiger partial charge in [-0.15, -0.1) is 0 Å². The summed E-state index contributed by atoms with van der Waals surface area (Å²) in [6.45, 7) is 4.74. The van der Waals surface area contributed by atoms with Gasteiger partial charge in [-0.1, -0.05) is 17.9 Å². The molecule has 2 nitrogen and oxygen atoms in total. The van der Waals surface area contributed by atoms with Gasteiger partial charge in [-0.3, -0.25) is 0 Å². The summed E-state index contributed by atoms with van der Waals surface area (Å²) in [6.07, 6.45) is 0. The number of nitrogens with one attached hydrogen (secondary N) is 1. The fourth-order valence-electron chi connectivity index (χ4n) is 0.972. The summed E-state index contributed by atoms with van der Waals surface area (Å²) in [5, 5.41) is 14.1. The summed E-state index contributed by atoms with van der Waals surface area (Å²) in [7, 11) is 0. The maximum atomic E-state index is 11.1. The fourth-order valence-corrected chi connectivity index (χ4v) is 0.972. The van der Waals surface area contributed by atoms with E-state index in [-0.39, 0.29) is 35.3 Å². The summed E-state index contributed by atoms with van der Waals surface area (Å²) >= 11 is 0. The van der Waals surface area contributed by atoms with E-state index in [4.69, 9.17) is 0 Å². The number of hydrogen-bond acceptors (Lipinski definition) is 2. The van der Waals surface area contributed by atoms with E-state index >= 15 is 0 Å². The van der Waals surface area contributed by atoms with E-state index in [1.165, 1.54) is 0 Å². The molecule has 60 valence electrons. The van der Waals surface area contributed by atoms with Gasteiger partial charge in [0.15, 0.2) is 0 Å². The Bertz CT molecular complexity index is 250. The van der Waals surface area contributed by atoms with Crippen molar-refractivity contribution in [1.82, 2.24) is 0 Å². The second-order valence-electron chi connectivity index (χ2n) is 2.53. The minimum atomic E-state index is 0. The van der Waals surface area contributed by atoms with Crippen LogP contribution < -0.4 is 40.0 Å². The number of aryl methyl sites for hydroxylation is 1. The zero-order chi connectivity index (χ0) is 8.27. The summed E-state index contributed by atoms with van der Waals surface area (Å²) in [6, 6.07) is 5.28. The maximum Gasteiger partial charge on any atom is 1.00 e. The van der Waals surface area contributed by atoms with Crippen LogP contribution >= 0.6 is 0 Å². The van der Waals surface area contributed by atoms with Gasteiger partial charge in [-0.05, 0) is 25.5 Å². The molecule has 12 heavy (non-hydrogen) atoms. The molecule has 1 rings (SSSR count). The van der Waals surface area contributed by atoms with E-state index in [0.29, 0.717) is 5.69 Å². The summed E-state index contributed by atoms with van der Waals surface area (Å²) < 4.78 is 0. The Kier molecular flexibility index (Phi) is 5.38. The maximum absolute atomic E-state index is 11.1. The van der Waals surface area contributed by atoms with Crippen LogP contribution in [0, 0.1) is 6.92 Å². The first-order valence-corrected chi connectivity index (χ1v) is 3.75. The standard InChI is InChI=1S/C9H13NO.Na/c1-3-10-8-6-7(2)4-5-9(8)11;/h4-6,10-11H,3H2,1-2H3;/q;+1/p-1. The van der Waals surface area contributed by atoms with E-state index < -0.39 is 0 Å². The summed E-state index contributed by atoms with van der Waals surface area (Å²) in [5.41, 5.74) is 1.81. The molecule has 0 fully saturated rings. The van der Waals surface area contributed by atoms with Gasteiger partial charge in [-0.2, -0.15) is 0 Å². The van der Waals surface area contributed by atoms with Crippen molar-refractivity contribution < 1.29 is 34.7 Å². The van der Waals surface area contributed by atoms with E-state index in [1.807, 2.05) is 26.0 Å². The molecule has 0 aliphatic heterocycles. The molecule has 0 aromatic heterocycles. The van der Waals surface area contributed by atoms with Crippen LogP contribution in [0.1, 0.15) is 12.5 Å². The minimum absolute atomic E-state index is 0. The van der Waals surface area contributed by atoms with Crippen LogP contribution in [0.5, 0.6) is 5.75 Å². The first-order valence-electron chi connectivity index (χ1n) is 3.75. The molecule has 0 bridgehead atoms. The van der Waals surface area contributed by atoms with Crippen molar-refractivity contribution in [1.29, 1.82) is 0 Å². The molecule has 0 unspecified atom stereocenters. The van der Waals surface area contributed by atoms with Gasteiger partial charge in [0.25, 0.3) is 0 Å². The smallest absolute Gasteiger partial charge is 0.871 e. The van der Waals surface area contributed by atoms with Crippen LogP contribution in [0.4, 0.5) is 5.69 Å². The largest absolute Gasteiger partial charge is 1.00 e. The van der Waals surface area contributed by atoms with Crippen molar-refractivity contribution in [3.8, 4) is 5.75 Å². The van der Waals surface area contributed by atoms with Crippen LogP contribution in [0.3, 0.4) is 0 Å². The molecule has 0 saturated carbocycles. The van der Waals surface area contributed by atoms with Crippen molar-refractivity contribution in [3.05, 3.63) is 23.8 Å². The molecular weight excluding hydrogens is 161 g/mol. The molecule has 0 radical (unpaired) electrons. The topological polar surface area (TPSA) is 35.1 Å². The van der Waals surface area contributed by atoms with Crippen LogP contribution in [0.25, 0.3) is 0 Å². The molecule has 1 aromatic rings. The van der Waals surface area contributed by atoms with Gasteiger partial charge in [0.05, 0.1) is 0 Å². The number of benzene rings is 1. The van der Waals surface area contributed by atoms with Crippen molar-refractivity contribution in [2.75, 3.05) is 11.9 Å². The molecular formula is C9H12NNaO. The average molecular weight is 173 g/mol. The average Bonchev–Trinajstić information content (AvgIpc) is 1.98. The van der Waals surface area contributed by atoms with Gasteiger partial charge in [0, 0.05) is 12.2 Å². The second-order valence-corrected chi connectivity index (χ2v) is 2.53. The van der Waals surface area contributed by atoms with E-state index in [2.05, 4.69) is 5.32 Å². The third-order valence-corrected chi connectivity index (χ3v) is 1.50. The SMILES string of the molecule is CCNc1cc(C)ccc1[O-].[Na+]. The Morgan fingerprint density at radius 3 is 2.67 bits per heavy atom. The van der Waals surface area contributed by atoms with Crippen molar-refractivity contribution in [2.24, 2.45) is 0 Å². The molecule has 0 heterocycles. The zero-order valence-electron chi connectivity index (χ0n) is 7.85. The molecule has 3 heteroatoms. The Morgan fingerprint density at radius 1 is 1.42 bits per heavy atom. The van der Waals surface area contributed by atoms with Crippen molar-refractivity contribution >= 4 is 5.69 Å². The van der Waals surface area contributed by atoms with Gasteiger partial charge >= 0.3 is 29.6 Å². The zero-order valence-corrected chi connectivity index (χ0v) is 9.85. The number of anilines is 1. The molecule has 0 spiro atoms. The van der Waals surface area contributed by atoms with Gasteiger partial charge in [-0.25, -0.2) is 0 Å². The van der Waals surface area contributed by atoms with E-state index in [9.17, 15) is 5.11 Å². The van der Waals surface area contributed by atoms with Gasteiger partial charge in [0.2, 0.25) is 0 Å². The minimum Gasteiger partial charge on any atom is -0.871 e. The molecule has 1 N–H and O–H groups in total. The third kappa shape index (κ3) is 3.05. The first-order chi connectivity index (χ1) is 5.24. The molecule has 0 amide bonds. The Labute approximate surface area is 95.3 Å². The van der Waals surface area contributed by atoms with Crippen LogP contribution in [0.2, 0.25) is 0 Å². The predicted octanol–water partition coefficient (Wildman–Crippen LogP) is -1.50. The van der Waals surface area contributed by atoms with Crippen molar-refractivity contribution in [2.45, 2.75) is 13.8 Å². The van der Waals surface area contributed by atoms with Crippen LogP contribution in [0.15, 0.2) is 18.2 Å². The normalized spacial score (nSPS) is 8.83. The molecule has 1 aromatic carbocycles. The number of hydrogen-bond donors (Lipinski definition) is 1. The van der Waals surface area contributed by atoms with Crippen molar-refractivity contribution in [3.63, 3.8) is 0 Å². The van der Waals surface area contributed by atoms with Crippen LogP contribution in [-0.4, -0.2) is 6.54 Å². The van der Waals surface area contributed by atoms with Gasteiger partial charge < -0.3 is 10.4 Å². The summed E-state index contributed by atoms with van der Waals surface area (Å²) in [4.78, 5) is 0. The fraction of sp³-hybridized carbons (Fsp3) is 0.333. The summed E-state index contributed by atoms with van der Waals surface area (Å²) in [5.74, 6) is 0.0671. The quantitative estimate of drug-likeness (QED) is 0.553. The molecule has 0 atom stereocenters. The molecule has 0 saturated heterocycles. The second kappa shape index (κ2) is 5.46. The monoisotopic (exact) mass is 173 g/mol. The molecule has 0 aliphatic carbocycles. The predicted molar refractivity (Wildman–Crippen MR) is 44.8 cm³/mol. The van der Waals surface area contributed by atoms with E-state index in [0.717, 1.165) is 12.1 Å².